The molecule has 138 valence electrons. The number of anilines is 1. The summed E-state index contributed by atoms with van der Waals surface area (Å²) in [6, 6.07) is 9.07. The smallest absolute Gasteiger partial charge is 0.162 e. The third-order valence-corrected chi connectivity index (χ3v) is 4.82. The van der Waals surface area contributed by atoms with Crippen LogP contribution in [0.5, 0.6) is 5.75 Å². The second-order valence-electron chi connectivity index (χ2n) is 6.58. The SMILES string of the molecule is CC=C(C)c1cnc2c(N3CCOCC3)nc(-c3cccc(O)c3)nc2c1. The zero-order chi connectivity index (χ0) is 18.8. The van der Waals surface area contributed by atoms with E-state index < -0.39 is 0 Å². The number of rotatable bonds is 3. The van der Waals surface area contributed by atoms with Crippen LogP contribution >= 0.6 is 0 Å². The highest BCUT2D eigenvalue weighted by molar-refractivity contribution is 5.89. The molecule has 1 fully saturated rings. The highest BCUT2D eigenvalue weighted by Gasteiger charge is 2.19. The van der Waals surface area contributed by atoms with Crippen molar-refractivity contribution in [3.63, 3.8) is 0 Å². The molecule has 1 aromatic carbocycles. The molecule has 3 aromatic rings. The first-order valence-electron chi connectivity index (χ1n) is 9.09. The molecule has 0 aliphatic carbocycles. The number of aromatic hydroxyl groups is 1. The Kier molecular flexibility index (Phi) is 4.73. The Bertz CT molecular complexity index is 1010. The third kappa shape index (κ3) is 3.48. The van der Waals surface area contributed by atoms with Gasteiger partial charge in [0.05, 0.1) is 18.7 Å². The minimum Gasteiger partial charge on any atom is -0.508 e. The molecule has 4 rings (SSSR count). The number of phenols is 1. The van der Waals surface area contributed by atoms with Gasteiger partial charge in [-0.05, 0) is 43.2 Å². The van der Waals surface area contributed by atoms with Crippen LogP contribution in [0.2, 0.25) is 0 Å². The van der Waals surface area contributed by atoms with Gasteiger partial charge >= 0.3 is 0 Å². The quantitative estimate of drug-likeness (QED) is 0.767. The molecule has 0 radical (unpaired) electrons. The summed E-state index contributed by atoms with van der Waals surface area (Å²) in [5, 5.41) is 9.85. The van der Waals surface area contributed by atoms with Crippen LogP contribution in [0.25, 0.3) is 28.0 Å². The van der Waals surface area contributed by atoms with E-state index in [1.807, 2.05) is 19.2 Å². The molecule has 0 unspecified atom stereocenters. The van der Waals surface area contributed by atoms with E-state index in [1.54, 1.807) is 18.2 Å². The molecule has 0 atom stereocenters. The number of aromatic nitrogens is 3. The second kappa shape index (κ2) is 7.32. The maximum absolute atomic E-state index is 9.85. The van der Waals surface area contributed by atoms with E-state index >= 15 is 0 Å². The molecule has 0 saturated carbocycles. The van der Waals surface area contributed by atoms with Crippen molar-refractivity contribution in [1.82, 2.24) is 15.0 Å². The van der Waals surface area contributed by atoms with Gasteiger partial charge < -0.3 is 14.7 Å². The van der Waals surface area contributed by atoms with Crippen LogP contribution < -0.4 is 4.90 Å². The number of hydrogen-bond donors (Lipinski definition) is 1. The number of hydrogen-bond acceptors (Lipinski definition) is 6. The van der Waals surface area contributed by atoms with E-state index in [0.717, 1.165) is 46.6 Å². The molecule has 6 heteroatoms. The van der Waals surface area contributed by atoms with Gasteiger partial charge in [-0.1, -0.05) is 18.2 Å². The number of allylic oxidation sites excluding steroid dienone is 2. The van der Waals surface area contributed by atoms with Crippen LogP contribution in [0.3, 0.4) is 0 Å². The first-order chi connectivity index (χ1) is 13.2. The summed E-state index contributed by atoms with van der Waals surface area (Å²) in [4.78, 5) is 16.4. The third-order valence-electron chi connectivity index (χ3n) is 4.82. The molecule has 0 spiro atoms. The Balaban J connectivity index is 1.92. The largest absolute Gasteiger partial charge is 0.508 e. The Morgan fingerprint density at radius 3 is 2.74 bits per heavy atom. The maximum atomic E-state index is 9.85. The molecule has 27 heavy (non-hydrogen) atoms. The molecule has 3 heterocycles. The standard InChI is InChI=1S/C21H22N4O2/c1-3-14(2)16-12-18-19(22-13-16)21(25-7-9-27-10-8-25)24-20(23-18)15-5-4-6-17(26)11-15/h3-6,11-13,26H,7-10H2,1-2H3. The van der Waals surface area contributed by atoms with Gasteiger partial charge in [-0.15, -0.1) is 0 Å². The molecule has 1 aliphatic rings. The molecule has 1 saturated heterocycles. The van der Waals surface area contributed by atoms with E-state index in [1.165, 1.54) is 0 Å². The van der Waals surface area contributed by atoms with Crippen molar-refractivity contribution in [2.24, 2.45) is 0 Å². The van der Waals surface area contributed by atoms with Gasteiger partial charge in [0, 0.05) is 24.8 Å². The van der Waals surface area contributed by atoms with Crippen molar-refractivity contribution in [3.8, 4) is 17.1 Å². The van der Waals surface area contributed by atoms with Crippen LogP contribution in [0.15, 0.2) is 42.6 Å². The summed E-state index contributed by atoms with van der Waals surface area (Å²) in [5.41, 5.74) is 4.55. The summed E-state index contributed by atoms with van der Waals surface area (Å²) in [6.07, 6.45) is 3.93. The number of nitrogens with zero attached hydrogens (tertiary/aromatic N) is 4. The first-order valence-corrected chi connectivity index (χ1v) is 9.09. The molecule has 0 amide bonds. The lowest BCUT2D eigenvalue weighted by Gasteiger charge is -2.28. The highest BCUT2D eigenvalue weighted by Crippen LogP contribution is 2.29. The highest BCUT2D eigenvalue weighted by atomic mass is 16.5. The average Bonchev–Trinajstić information content (AvgIpc) is 2.72. The van der Waals surface area contributed by atoms with Crippen molar-refractivity contribution in [3.05, 3.63) is 48.2 Å². The second-order valence-corrected chi connectivity index (χ2v) is 6.58. The Morgan fingerprint density at radius 2 is 2.00 bits per heavy atom. The van der Waals surface area contributed by atoms with Gasteiger partial charge in [0.2, 0.25) is 0 Å². The molecular formula is C21H22N4O2. The van der Waals surface area contributed by atoms with Crippen LogP contribution in [0, 0.1) is 0 Å². The molecule has 6 nitrogen and oxygen atoms in total. The van der Waals surface area contributed by atoms with E-state index in [9.17, 15) is 5.11 Å². The fourth-order valence-electron chi connectivity index (χ4n) is 3.16. The average molecular weight is 362 g/mol. The molecule has 1 aliphatic heterocycles. The van der Waals surface area contributed by atoms with Crippen LogP contribution in [0.1, 0.15) is 19.4 Å². The number of fused-ring (bicyclic) bond motifs is 1. The Hall–Kier alpha value is -2.99. The van der Waals surface area contributed by atoms with Crippen LogP contribution in [0.4, 0.5) is 5.82 Å². The number of ether oxygens (including phenoxy) is 1. The van der Waals surface area contributed by atoms with Crippen molar-refractivity contribution < 1.29 is 9.84 Å². The summed E-state index contributed by atoms with van der Waals surface area (Å²) >= 11 is 0. The van der Waals surface area contributed by atoms with E-state index in [0.29, 0.717) is 19.0 Å². The Morgan fingerprint density at radius 1 is 1.19 bits per heavy atom. The van der Waals surface area contributed by atoms with E-state index in [4.69, 9.17) is 14.7 Å². The van der Waals surface area contributed by atoms with Gasteiger partial charge in [-0.2, -0.15) is 0 Å². The summed E-state index contributed by atoms with van der Waals surface area (Å²) in [5.74, 6) is 1.59. The molecule has 2 aromatic heterocycles. The minimum atomic E-state index is 0.195. The van der Waals surface area contributed by atoms with E-state index in [2.05, 4.69) is 29.0 Å². The molecular weight excluding hydrogens is 340 g/mol. The van der Waals surface area contributed by atoms with Gasteiger partial charge in [-0.25, -0.2) is 9.97 Å². The monoisotopic (exact) mass is 362 g/mol. The predicted molar refractivity (Wildman–Crippen MR) is 107 cm³/mol. The number of benzene rings is 1. The molecule has 1 N–H and O–H groups in total. The normalized spacial score (nSPS) is 15.3. The predicted octanol–water partition coefficient (Wildman–Crippen LogP) is 3.66. The lowest BCUT2D eigenvalue weighted by atomic mass is 10.1. The van der Waals surface area contributed by atoms with Crippen LogP contribution in [-0.4, -0.2) is 46.4 Å². The number of phenolic OH excluding ortho intramolecular Hbond substituents is 1. The van der Waals surface area contributed by atoms with Crippen molar-refractivity contribution in [2.75, 3.05) is 31.2 Å². The van der Waals surface area contributed by atoms with Crippen LogP contribution in [-0.2, 0) is 4.74 Å². The van der Waals surface area contributed by atoms with Crippen molar-refractivity contribution in [2.45, 2.75) is 13.8 Å². The van der Waals surface area contributed by atoms with Gasteiger partial charge in [-0.3, -0.25) is 4.98 Å². The summed E-state index contributed by atoms with van der Waals surface area (Å²) < 4.78 is 5.48. The fraction of sp³-hybridized carbons (Fsp3) is 0.286. The van der Waals surface area contributed by atoms with Gasteiger partial charge in [0.1, 0.15) is 11.3 Å². The minimum absolute atomic E-state index is 0.195. The van der Waals surface area contributed by atoms with Gasteiger partial charge in [0.15, 0.2) is 11.6 Å². The topological polar surface area (TPSA) is 71.4 Å². The Labute approximate surface area is 158 Å². The number of pyridine rings is 1. The summed E-state index contributed by atoms with van der Waals surface area (Å²) in [6.45, 7) is 6.94. The first kappa shape index (κ1) is 17.4. The maximum Gasteiger partial charge on any atom is 0.162 e. The van der Waals surface area contributed by atoms with Crippen molar-refractivity contribution in [1.29, 1.82) is 0 Å². The van der Waals surface area contributed by atoms with Gasteiger partial charge in [0.25, 0.3) is 0 Å². The number of morpholine rings is 1. The molecule has 0 bridgehead atoms. The zero-order valence-electron chi connectivity index (χ0n) is 15.5. The summed E-state index contributed by atoms with van der Waals surface area (Å²) in [7, 11) is 0. The lowest BCUT2D eigenvalue weighted by Crippen LogP contribution is -2.37. The zero-order valence-corrected chi connectivity index (χ0v) is 15.5. The van der Waals surface area contributed by atoms with E-state index in [-0.39, 0.29) is 5.75 Å². The van der Waals surface area contributed by atoms with Crippen molar-refractivity contribution >= 4 is 22.4 Å². The lowest BCUT2D eigenvalue weighted by molar-refractivity contribution is 0.122. The fourth-order valence-corrected chi connectivity index (χ4v) is 3.16.